The van der Waals surface area contributed by atoms with Gasteiger partial charge in [-0.3, -0.25) is 9.80 Å². The minimum absolute atomic E-state index is 0.519. The van der Waals surface area contributed by atoms with Crippen LogP contribution < -0.4 is 0 Å². The van der Waals surface area contributed by atoms with Gasteiger partial charge < -0.3 is 4.42 Å². The van der Waals surface area contributed by atoms with Gasteiger partial charge in [0.1, 0.15) is 0 Å². The fraction of sp³-hybridized carbons (Fsp3) is 0.600. The molecule has 0 radical (unpaired) electrons. The van der Waals surface area contributed by atoms with Crippen LogP contribution in [-0.2, 0) is 13.1 Å². The van der Waals surface area contributed by atoms with E-state index in [-0.39, 0.29) is 0 Å². The van der Waals surface area contributed by atoms with Gasteiger partial charge in [0.15, 0.2) is 0 Å². The lowest BCUT2D eigenvalue weighted by Crippen LogP contribution is -2.52. The van der Waals surface area contributed by atoms with Crippen molar-refractivity contribution in [1.29, 1.82) is 0 Å². The van der Waals surface area contributed by atoms with Gasteiger partial charge >= 0.3 is 0 Å². The van der Waals surface area contributed by atoms with Gasteiger partial charge in [-0.2, -0.15) is 0 Å². The third kappa shape index (κ3) is 3.93. The van der Waals surface area contributed by atoms with E-state index in [4.69, 9.17) is 4.42 Å². The van der Waals surface area contributed by atoms with E-state index >= 15 is 0 Å². The second-order valence-corrected chi connectivity index (χ2v) is 7.42. The first-order valence-electron chi connectivity index (χ1n) is 9.64. The third-order valence-electron chi connectivity index (χ3n) is 5.68. The first kappa shape index (κ1) is 16.7. The molecule has 4 rings (SSSR count). The van der Waals surface area contributed by atoms with Crippen LogP contribution in [0.2, 0.25) is 0 Å². The molecular weight excluding hydrogens is 312 g/mol. The highest BCUT2D eigenvalue weighted by Gasteiger charge is 2.29. The highest BCUT2D eigenvalue weighted by Crippen LogP contribution is 2.35. The molecule has 5 heteroatoms. The zero-order chi connectivity index (χ0) is 17.1. The normalized spacial score (nSPS) is 22.8. The Hall–Kier alpha value is -1.72. The van der Waals surface area contributed by atoms with Crippen molar-refractivity contribution in [1.82, 2.24) is 20.0 Å². The van der Waals surface area contributed by atoms with Crippen molar-refractivity contribution < 1.29 is 4.42 Å². The predicted molar refractivity (Wildman–Crippen MR) is 97.1 cm³/mol. The fourth-order valence-corrected chi connectivity index (χ4v) is 3.86. The minimum atomic E-state index is 0.519. The lowest BCUT2D eigenvalue weighted by molar-refractivity contribution is 0.0553. The number of nitrogens with zero attached hydrogens (tertiary/aromatic N) is 4. The Labute approximate surface area is 150 Å². The highest BCUT2D eigenvalue weighted by atomic mass is 16.4. The van der Waals surface area contributed by atoms with Gasteiger partial charge in [-0.15, -0.1) is 10.2 Å². The zero-order valence-corrected chi connectivity index (χ0v) is 15.1. The highest BCUT2D eigenvalue weighted by molar-refractivity contribution is 5.14. The Kier molecular flexibility index (Phi) is 5.13. The second-order valence-electron chi connectivity index (χ2n) is 7.42. The van der Waals surface area contributed by atoms with E-state index in [2.05, 4.69) is 57.3 Å². The van der Waals surface area contributed by atoms with Crippen molar-refractivity contribution in [3.8, 4) is 0 Å². The summed E-state index contributed by atoms with van der Waals surface area (Å²) in [4.78, 5) is 5.08. The van der Waals surface area contributed by atoms with Crippen molar-refractivity contribution in [2.45, 2.75) is 57.7 Å². The van der Waals surface area contributed by atoms with Gasteiger partial charge in [-0.25, -0.2) is 0 Å². The summed E-state index contributed by atoms with van der Waals surface area (Å²) < 4.78 is 5.93. The molecule has 0 N–H and O–H groups in total. The standard InChI is InChI=1S/C20H28N4O/c1-2-18-14-23(13-16-7-4-3-5-8-16)11-12-24(18)15-19-21-22-20(25-19)17-9-6-10-17/h3-5,7-8,17-18H,2,6,9-15H2,1H3. The molecule has 25 heavy (non-hydrogen) atoms. The fourth-order valence-electron chi connectivity index (χ4n) is 3.86. The zero-order valence-electron chi connectivity index (χ0n) is 15.1. The van der Waals surface area contributed by atoms with E-state index < -0.39 is 0 Å². The van der Waals surface area contributed by atoms with Crippen LogP contribution in [0.4, 0.5) is 0 Å². The van der Waals surface area contributed by atoms with Gasteiger partial charge in [-0.05, 0) is 24.8 Å². The number of hydrogen-bond donors (Lipinski definition) is 0. The Morgan fingerprint density at radius 1 is 1.08 bits per heavy atom. The maximum absolute atomic E-state index is 5.93. The molecule has 2 fully saturated rings. The molecule has 1 atom stereocenters. The van der Waals surface area contributed by atoms with E-state index in [1.165, 1.54) is 24.8 Å². The Morgan fingerprint density at radius 3 is 2.64 bits per heavy atom. The van der Waals surface area contributed by atoms with Crippen LogP contribution in [0.3, 0.4) is 0 Å². The number of benzene rings is 1. The smallest absolute Gasteiger partial charge is 0.230 e. The van der Waals surface area contributed by atoms with Crippen molar-refractivity contribution in [3.05, 3.63) is 47.7 Å². The maximum Gasteiger partial charge on any atom is 0.230 e. The Bertz CT molecular complexity index is 667. The van der Waals surface area contributed by atoms with Crippen molar-refractivity contribution >= 4 is 0 Å². The van der Waals surface area contributed by atoms with E-state index in [0.717, 1.165) is 50.9 Å². The van der Waals surface area contributed by atoms with Gasteiger partial charge in [-0.1, -0.05) is 43.7 Å². The van der Waals surface area contributed by atoms with Crippen molar-refractivity contribution in [3.63, 3.8) is 0 Å². The summed E-state index contributed by atoms with van der Waals surface area (Å²) in [5, 5.41) is 8.57. The second kappa shape index (κ2) is 7.67. The molecule has 1 aromatic heterocycles. The van der Waals surface area contributed by atoms with Crippen LogP contribution in [0, 0.1) is 0 Å². The van der Waals surface area contributed by atoms with Crippen molar-refractivity contribution in [2.24, 2.45) is 0 Å². The number of hydrogen-bond acceptors (Lipinski definition) is 5. The topological polar surface area (TPSA) is 45.4 Å². The summed E-state index contributed by atoms with van der Waals surface area (Å²) in [6, 6.07) is 11.3. The number of piperazine rings is 1. The molecule has 0 amide bonds. The van der Waals surface area contributed by atoms with Crippen LogP contribution in [-0.4, -0.2) is 45.7 Å². The summed E-state index contributed by atoms with van der Waals surface area (Å²) in [6.45, 7) is 7.36. The summed E-state index contributed by atoms with van der Waals surface area (Å²) in [5.74, 6) is 2.17. The first-order valence-corrected chi connectivity index (χ1v) is 9.64. The van der Waals surface area contributed by atoms with Gasteiger partial charge in [0.2, 0.25) is 11.8 Å². The number of rotatable bonds is 6. The van der Waals surface area contributed by atoms with Crippen LogP contribution in [0.1, 0.15) is 55.9 Å². The molecule has 2 aromatic rings. The van der Waals surface area contributed by atoms with E-state index in [1.807, 2.05) is 0 Å². The molecule has 1 aromatic carbocycles. The van der Waals surface area contributed by atoms with E-state index in [1.54, 1.807) is 0 Å². The van der Waals surface area contributed by atoms with Gasteiger partial charge in [0, 0.05) is 38.1 Å². The molecule has 1 saturated carbocycles. The van der Waals surface area contributed by atoms with Crippen LogP contribution in [0.15, 0.2) is 34.7 Å². The summed E-state index contributed by atoms with van der Waals surface area (Å²) >= 11 is 0. The molecule has 0 bridgehead atoms. The molecule has 1 aliphatic carbocycles. The predicted octanol–water partition coefficient (Wildman–Crippen LogP) is 3.43. The Balaban J connectivity index is 1.34. The summed E-state index contributed by atoms with van der Waals surface area (Å²) in [5.41, 5.74) is 1.40. The monoisotopic (exact) mass is 340 g/mol. The lowest BCUT2D eigenvalue weighted by Gasteiger charge is -2.40. The average molecular weight is 340 g/mol. The largest absolute Gasteiger partial charge is 0.424 e. The minimum Gasteiger partial charge on any atom is -0.424 e. The molecule has 134 valence electrons. The van der Waals surface area contributed by atoms with Gasteiger partial charge in [0.25, 0.3) is 0 Å². The maximum atomic E-state index is 5.93. The molecule has 2 heterocycles. The molecule has 1 unspecified atom stereocenters. The molecule has 5 nitrogen and oxygen atoms in total. The van der Waals surface area contributed by atoms with Crippen LogP contribution in [0.5, 0.6) is 0 Å². The average Bonchev–Trinajstić information content (AvgIpc) is 3.03. The van der Waals surface area contributed by atoms with Gasteiger partial charge in [0.05, 0.1) is 6.54 Å². The van der Waals surface area contributed by atoms with Crippen molar-refractivity contribution in [2.75, 3.05) is 19.6 Å². The molecule has 0 spiro atoms. The lowest BCUT2D eigenvalue weighted by atomic mass is 9.85. The van der Waals surface area contributed by atoms with Crippen LogP contribution >= 0.6 is 0 Å². The molecule has 1 saturated heterocycles. The SMILES string of the molecule is CCC1CN(Cc2ccccc2)CCN1Cc1nnc(C2CCC2)o1. The van der Waals surface area contributed by atoms with Crippen LogP contribution in [0.25, 0.3) is 0 Å². The molecule has 2 aliphatic rings. The molecular formula is C20H28N4O. The molecule has 1 aliphatic heterocycles. The number of aromatic nitrogens is 2. The Morgan fingerprint density at radius 2 is 1.92 bits per heavy atom. The third-order valence-corrected chi connectivity index (χ3v) is 5.68. The van der Waals surface area contributed by atoms with E-state index in [9.17, 15) is 0 Å². The van der Waals surface area contributed by atoms with E-state index in [0.29, 0.717) is 12.0 Å². The summed E-state index contributed by atoms with van der Waals surface area (Å²) in [7, 11) is 0. The summed E-state index contributed by atoms with van der Waals surface area (Å²) in [6.07, 6.45) is 4.85. The quantitative estimate of drug-likeness (QED) is 0.806. The first-order chi connectivity index (χ1) is 12.3.